The molecule has 16 heavy (non-hydrogen) atoms. The Morgan fingerprint density at radius 1 is 1.31 bits per heavy atom. The first kappa shape index (κ1) is 9.30. The van der Waals surface area contributed by atoms with E-state index in [1.165, 1.54) is 0 Å². The summed E-state index contributed by atoms with van der Waals surface area (Å²) in [6.07, 6.45) is 4.67. The Morgan fingerprint density at radius 2 is 2.25 bits per heavy atom. The Kier molecular flexibility index (Phi) is 2.08. The summed E-state index contributed by atoms with van der Waals surface area (Å²) >= 11 is 1.64. The molecular weight excluding hydrogens is 220 g/mol. The number of hydrogen-bond donors (Lipinski definition) is 0. The maximum Gasteiger partial charge on any atom is 0.153 e. The molecule has 0 aliphatic rings. The molecule has 3 aromatic rings. The topological polar surface area (TPSA) is 34.4 Å². The zero-order chi connectivity index (χ0) is 11.0. The molecule has 0 amide bonds. The quantitative estimate of drug-likeness (QED) is 0.632. The summed E-state index contributed by atoms with van der Waals surface area (Å²) in [5.74, 6) is 0. The van der Waals surface area contributed by atoms with E-state index < -0.39 is 0 Å². The molecule has 3 nitrogen and oxygen atoms in total. The maximum absolute atomic E-state index is 10.9. The Hall–Kier alpha value is -1.94. The van der Waals surface area contributed by atoms with Crippen LogP contribution in [-0.4, -0.2) is 15.7 Å². The summed E-state index contributed by atoms with van der Waals surface area (Å²) in [6.45, 7) is 0. The molecule has 3 heterocycles. The maximum atomic E-state index is 10.9. The molecule has 0 radical (unpaired) electrons. The largest absolute Gasteiger partial charge is 0.306 e. The van der Waals surface area contributed by atoms with Gasteiger partial charge < -0.3 is 4.40 Å². The highest BCUT2D eigenvalue weighted by molar-refractivity contribution is 7.13. The van der Waals surface area contributed by atoms with E-state index in [-0.39, 0.29) is 0 Å². The zero-order valence-corrected chi connectivity index (χ0v) is 9.15. The number of pyridine rings is 1. The average molecular weight is 228 g/mol. The third kappa shape index (κ3) is 1.35. The van der Waals surface area contributed by atoms with Gasteiger partial charge in [-0.1, -0.05) is 6.07 Å². The smallest absolute Gasteiger partial charge is 0.153 e. The van der Waals surface area contributed by atoms with E-state index in [4.69, 9.17) is 0 Å². The number of carbonyl (C=O) groups excluding carboxylic acids is 1. The standard InChI is InChI=1S/C12H8N2OS/c15-8-9-3-1-5-14-7-10(13-12(9)14)11-4-2-6-16-11/h1-8H. The van der Waals surface area contributed by atoms with E-state index in [1.54, 1.807) is 17.4 Å². The van der Waals surface area contributed by atoms with Gasteiger partial charge in [0.2, 0.25) is 0 Å². The van der Waals surface area contributed by atoms with E-state index in [2.05, 4.69) is 4.98 Å². The van der Waals surface area contributed by atoms with E-state index in [0.29, 0.717) is 11.2 Å². The van der Waals surface area contributed by atoms with Crippen molar-refractivity contribution >= 4 is 23.3 Å². The minimum Gasteiger partial charge on any atom is -0.306 e. The number of imidazole rings is 1. The Labute approximate surface area is 96.0 Å². The van der Waals surface area contributed by atoms with Crippen molar-refractivity contribution in [1.82, 2.24) is 9.38 Å². The Bertz CT molecular complexity index is 640. The molecule has 78 valence electrons. The zero-order valence-electron chi connectivity index (χ0n) is 8.33. The van der Waals surface area contributed by atoms with Crippen LogP contribution in [0.25, 0.3) is 16.2 Å². The predicted molar refractivity (Wildman–Crippen MR) is 63.9 cm³/mol. The summed E-state index contributed by atoms with van der Waals surface area (Å²) in [7, 11) is 0. The number of rotatable bonds is 2. The second-order valence-electron chi connectivity index (χ2n) is 3.42. The minimum atomic E-state index is 0.616. The lowest BCUT2D eigenvalue weighted by Gasteiger charge is -1.93. The fraction of sp³-hybridized carbons (Fsp3) is 0. The van der Waals surface area contributed by atoms with Gasteiger partial charge in [-0.3, -0.25) is 4.79 Å². The molecule has 3 aromatic heterocycles. The van der Waals surface area contributed by atoms with Crippen molar-refractivity contribution in [3.05, 3.63) is 47.6 Å². The van der Waals surface area contributed by atoms with Crippen molar-refractivity contribution in [1.29, 1.82) is 0 Å². The van der Waals surface area contributed by atoms with Crippen LogP contribution < -0.4 is 0 Å². The van der Waals surface area contributed by atoms with E-state index >= 15 is 0 Å². The van der Waals surface area contributed by atoms with Gasteiger partial charge in [-0.05, 0) is 23.6 Å². The van der Waals surface area contributed by atoms with Gasteiger partial charge in [0.1, 0.15) is 5.65 Å². The van der Waals surface area contributed by atoms with Crippen LogP contribution in [-0.2, 0) is 0 Å². The number of aldehydes is 1. The summed E-state index contributed by atoms with van der Waals surface area (Å²) in [5, 5.41) is 2.01. The predicted octanol–water partition coefficient (Wildman–Crippen LogP) is 2.88. The van der Waals surface area contributed by atoms with Crippen molar-refractivity contribution < 1.29 is 4.79 Å². The fourth-order valence-corrected chi connectivity index (χ4v) is 2.35. The summed E-state index contributed by atoms with van der Waals surface area (Å²) in [4.78, 5) is 16.4. The molecule has 0 saturated heterocycles. The highest BCUT2D eigenvalue weighted by Gasteiger charge is 2.07. The molecule has 3 rings (SSSR count). The van der Waals surface area contributed by atoms with Gasteiger partial charge in [0, 0.05) is 12.4 Å². The number of hydrogen-bond acceptors (Lipinski definition) is 3. The van der Waals surface area contributed by atoms with E-state index in [1.807, 2.05) is 40.4 Å². The van der Waals surface area contributed by atoms with Gasteiger partial charge in [-0.15, -0.1) is 11.3 Å². The van der Waals surface area contributed by atoms with Crippen LogP contribution in [0.3, 0.4) is 0 Å². The average Bonchev–Trinajstić information content (AvgIpc) is 2.96. The normalized spacial score (nSPS) is 10.8. The lowest BCUT2D eigenvalue weighted by atomic mass is 10.3. The van der Waals surface area contributed by atoms with E-state index in [0.717, 1.165) is 16.9 Å². The number of carbonyl (C=O) groups is 1. The third-order valence-electron chi connectivity index (χ3n) is 2.41. The molecule has 0 atom stereocenters. The van der Waals surface area contributed by atoms with Gasteiger partial charge in [0.25, 0.3) is 0 Å². The van der Waals surface area contributed by atoms with Crippen molar-refractivity contribution in [3.63, 3.8) is 0 Å². The highest BCUT2D eigenvalue weighted by Crippen LogP contribution is 2.24. The molecule has 0 unspecified atom stereocenters. The molecule has 4 heteroatoms. The molecule has 0 aromatic carbocycles. The molecule has 0 N–H and O–H groups in total. The van der Waals surface area contributed by atoms with Crippen LogP contribution in [0.5, 0.6) is 0 Å². The molecule has 0 saturated carbocycles. The monoisotopic (exact) mass is 228 g/mol. The molecule has 0 spiro atoms. The molecule has 0 aliphatic heterocycles. The Morgan fingerprint density at radius 3 is 3.00 bits per heavy atom. The fourth-order valence-electron chi connectivity index (χ4n) is 1.67. The van der Waals surface area contributed by atoms with Crippen molar-refractivity contribution in [2.75, 3.05) is 0 Å². The number of thiophene rings is 1. The first-order chi connectivity index (χ1) is 7.88. The number of nitrogens with zero attached hydrogens (tertiary/aromatic N) is 2. The SMILES string of the molecule is O=Cc1cccn2cc(-c3cccs3)nc12. The second-order valence-corrected chi connectivity index (χ2v) is 4.36. The van der Waals surface area contributed by atoms with Gasteiger partial charge in [0.05, 0.1) is 16.1 Å². The van der Waals surface area contributed by atoms with Crippen LogP contribution in [0.4, 0.5) is 0 Å². The molecule has 0 fully saturated rings. The summed E-state index contributed by atoms with van der Waals surface area (Å²) in [5.41, 5.74) is 2.23. The first-order valence-electron chi connectivity index (χ1n) is 4.85. The lowest BCUT2D eigenvalue weighted by molar-refractivity contribution is 0.112. The van der Waals surface area contributed by atoms with Crippen molar-refractivity contribution in [2.45, 2.75) is 0 Å². The summed E-state index contributed by atoms with van der Waals surface area (Å²) in [6, 6.07) is 7.63. The van der Waals surface area contributed by atoms with Gasteiger partial charge in [-0.2, -0.15) is 0 Å². The van der Waals surface area contributed by atoms with E-state index in [9.17, 15) is 4.79 Å². The Balaban J connectivity index is 2.27. The first-order valence-corrected chi connectivity index (χ1v) is 5.73. The molecular formula is C12H8N2OS. The van der Waals surface area contributed by atoms with Crippen molar-refractivity contribution in [3.8, 4) is 10.6 Å². The van der Waals surface area contributed by atoms with Gasteiger partial charge >= 0.3 is 0 Å². The third-order valence-corrected chi connectivity index (χ3v) is 3.31. The van der Waals surface area contributed by atoms with Crippen molar-refractivity contribution in [2.24, 2.45) is 0 Å². The van der Waals surface area contributed by atoms with Crippen LogP contribution in [0.1, 0.15) is 10.4 Å². The molecule has 0 aliphatic carbocycles. The highest BCUT2D eigenvalue weighted by atomic mass is 32.1. The lowest BCUT2D eigenvalue weighted by Crippen LogP contribution is -1.88. The second kappa shape index (κ2) is 3.57. The van der Waals surface area contributed by atoms with Gasteiger partial charge in [-0.25, -0.2) is 4.98 Å². The van der Waals surface area contributed by atoms with Gasteiger partial charge in [0.15, 0.2) is 6.29 Å². The van der Waals surface area contributed by atoms with Crippen LogP contribution in [0.2, 0.25) is 0 Å². The summed E-state index contributed by atoms with van der Waals surface area (Å²) < 4.78 is 1.87. The minimum absolute atomic E-state index is 0.616. The van der Waals surface area contributed by atoms with Crippen LogP contribution in [0, 0.1) is 0 Å². The number of aromatic nitrogens is 2. The van der Waals surface area contributed by atoms with Crippen LogP contribution in [0.15, 0.2) is 42.0 Å². The number of fused-ring (bicyclic) bond motifs is 1. The molecule has 0 bridgehead atoms. The van der Waals surface area contributed by atoms with Crippen LogP contribution >= 0.6 is 11.3 Å².